The Labute approximate surface area is 172 Å². The zero-order valence-corrected chi connectivity index (χ0v) is 17.9. The number of alkyl halides is 2. The molecule has 2 N–H and O–H groups in total. The Balaban J connectivity index is 1.74. The Morgan fingerprint density at radius 1 is 1.43 bits per heavy atom. The second-order valence-electron chi connectivity index (χ2n) is 7.74. The summed E-state index contributed by atoms with van der Waals surface area (Å²) in [5.41, 5.74) is 4.66. The van der Waals surface area contributed by atoms with Gasteiger partial charge in [-0.1, -0.05) is 0 Å². The topological polar surface area (TPSA) is 107 Å². The number of imidazole rings is 1. The van der Waals surface area contributed by atoms with E-state index in [-0.39, 0.29) is 0 Å². The number of anilines is 1. The maximum atomic E-state index is 15.9. The van der Waals surface area contributed by atoms with E-state index in [1.165, 1.54) is 10.9 Å². The Morgan fingerprint density at radius 2 is 2.17 bits per heavy atom. The largest absolute Gasteiger partial charge is 0.491 e. The number of phosphoric acid groups is 1. The minimum absolute atomic E-state index is 0.355. The van der Waals surface area contributed by atoms with Crippen LogP contribution in [0.5, 0.6) is 5.75 Å². The molecule has 0 aliphatic carbocycles. The van der Waals surface area contributed by atoms with E-state index in [9.17, 15) is 4.57 Å². The molecule has 0 spiro atoms. The van der Waals surface area contributed by atoms with Crippen LogP contribution in [0.3, 0.4) is 0 Å². The van der Waals surface area contributed by atoms with E-state index in [0.29, 0.717) is 29.1 Å². The third-order valence-corrected chi connectivity index (χ3v) is 6.50. The van der Waals surface area contributed by atoms with Gasteiger partial charge in [0.25, 0.3) is 5.85 Å². The standard InChI is InChI=1S/C18H24F2N3O6P/c1-5-25-13-7-11(21)6-12-14(13)22-9-23(12)16-17(4,19)15-18(20,27-16)8-26-30(24,29-15)28-10(2)3/h6-7,9-10,15-16H,5,8,21H2,1-4H3/t15-,16+,17+,18+,30?/m0/s1. The van der Waals surface area contributed by atoms with Gasteiger partial charge in [-0.25, -0.2) is 18.3 Å². The van der Waals surface area contributed by atoms with Crippen LogP contribution in [0, 0.1) is 0 Å². The molecule has 3 heterocycles. The van der Waals surface area contributed by atoms with Gasteiger partial charge in [-0.15, -0.1) is 0 Å². The summed E-state index contributed by atoms with van der Waals surface area (Å²) >= 11 is 0. The van der Waals surface area contributed by atoms with Crippen molar-refractivity contribution in [2.75, 3.05) is 18.9 Å². The average Bonchev–Trinajstić information content (AvgIpc) is 3.13. The van der Waals surface area contributed by atoms with Crippen molar-refractivity contribution in [3.8, 4) is 5.75 Å². The first-order chi connectivity index (χ1) is 14.0. The van der Waals surface area contributed by atoms with E-state index in [1.54, 1.807) is 32.9 Å². The lowest BCUT2D eigenvalue weighted by Gasteiger charge is -2.36. The van der Waals surface area contributed by atoms with Crippen molar-refractivity contribution in [3.05, 3.63) is 18.5 Å². The number of nitrogens with two attached hydrogens (primary N) is 1. The number of rotatable bonds is 5. The van der Waals surface area contributed by atoms with E-state index in [1.807, 2.05) is 0 Å². The third kappa shape index (κ3) is 3.38. The number of hydrogen-bond donors (Lipinski definition) is 1. The van der Waals surface area contributed by atoms with Gasteiger partial charge in [-0.05, 0) is 33.8 Å². The van der Waals surface area contributed by atoms with Crippen LogP contribution in [0.1, 0.15) is 33.9 Å². The van der Waals surface area contributed by atoms with E-state index < -0.39 is 44.4 Å². The molecule has 4 rings (SSSR count). The fourth-order valence-electron chi connectivity index (χ4n) is 3.75. The highest BCUT2D eigenvalue weighted by Crippen LogP contribution is 2.63. The van der Waals surface area contributed by atoms with Crippen molar-refractivity contribution < 1.29 is 36.4 Å². The molecule has 0 bridgehead atoms. The lowest BCUT2D eigenvalue weighted by molar-refractivity contribution is -0.220. The molecule has 12 heteroatoms. The SMILES string of the molecule is CCOc1cc(N)cc2c1ncn2[C@@H]1O[C@]2(F)COP(=O)(OC(C)C)O[C@H]2[C@@]1(C)F. The van der Waals surface area contributed by atoms with E-state index in [2.05, 4.69) is 4.98 Å². The van der Waals surface area contributed by atoms with E-state index >= 15 is 8.78 Å². The number of benzene rings is 1. The van der Waals surface area contributed by atoms with Crippen LogP contribution in [0.2, 0.25) is 0 Å². The molecule has 5 atom stereocenters. The Hall–Kier alpha value is -1.78. The zero-order valence-electron chi connectivity index (χ0n) is 17.0. The molecule has 0 amide bonds. The predicted octanol–water partition coefficient (Wildman–Crippen LogP) is 3.89. The first-order valence-electron chi connectivity index (χ1n) is 9.55. The van der Waals surface area contributed by atoms with Gasteiger partial charge in [-0.2, -0.15) is 0 Å². The van der Waals surface area contributed by atoms with Crippen molar-refractivity contribution in [1.82, 2.24) is 9.55 Å². The van der Waals surface area contributed by atoms with Crippen molar-refractivity contribution in [2.24, 2.45) is 0 Å². The van der Waals surface area contributed by atoms with Gasteiger partial charge >= 0.3 is 7.82 Å². The van der Waals surface area contributed by atoms with Gasteiger partial charge in [0.2, 0.25) is 0 Å². The Morgan fingerprint density at radius 3 is 2.83 bits per heavy atom. The van der Waals surface area contributed by atoms with Gasteiger partial charge < -0.3 is 19.8 Å². The summed E-state index contributed by atoms with van der Waals surface area (Å²) in [5.74, 6) is -2.27. The number of nitrogen functional groups attached to an aromatic ring is 1. The molecule has 30 heavy (non-hydrogen) atoms. The molecule has 0 saturated carbocycles. The fourth-order valence-corrected chi connectivity index (χ4v) is 5.39. The van der Waals surface area contributed by atoms with Crippen molar-refractivity contribution >= 4 is 24.5 Å². The fraction of sp³-hybridized carbons (Fsp3) is 0.611. The molecule has 2 aromatic rings. The van der Waals surface area contributed by atoms with Gasteiger partial charge in [-0.3, -0.25) is 13.6 Å². The maximum absolute atomic E-state index is 15.9. The van der Waals surface area contributed by atoms with Crippen molar-refractivity contribution in [3.63, 3.8) is 0 Å². The first kappa shape index (κ1) is 21.5. The molecule has 166 valence electrons. The third-order valence-electron chi connectivity index (χ3n) is 4.91. The van der Waals surface area contributed by atoms with Crippen LogP contribution in [0.15, 0.2) is 18.5 Å². The monoisotopic (exact) mass is 447 g/mol. The van der Waals surface area contributed by atoms with E-state index in [0.717, 1.165) is 6.92 Å². The summed E-state index contributed by atoms with van der Waals surface area (Å²) in [7, 11) is -4.16. The summed E-state index contributed by atoms with van der Waals surface area (Å²) in [5, 5.41) is 0. The summed E-state index contributed by atoms with van der Waals surface area (Å²) in [6.45, 7) is 5.68. The maximum Gasteiger partial charge on any atom is 0.475 e. The number of ether oxygens (including phenoxy) is 2. The lowest BCUT2D eigenvalue weighted by atomic mass is 9.97. The molecule has 1 aromatic heterocycles. The number of fused-ring (bicyclic) bond motifs is 2. The summed E-state index contributed by atoms with van der Waals surface area (Å²) in [6.07, 6.45) is -2.58. The van der Waals surface area contributed by atoms with Crippen LogP contribution < -0.4 is 10.5 Å². The second-order valence-corrected chi connectivity index (χ2v) is 9.31. The quantitative estimate of drug-likeness (QED) is 0.544. The molecule has 2 saturated heterocycles. The second kappa shape index (κ2) is 7.13. The number of nitrogens with zero attached hydrogens (tertiary/aromatic N) is 2. The van der Waals surface area contributed by atoms with Crippen LogP contribution >= 0.6 is 7.82 Å². The first-order valence-corrected chi connectivity index (χ1v) is 11.0. The summed E-state index contributed by atoms with van der Waals surface area (Å²) in [6, 6.07) is 3.15. The highest BCUT2D eigenvalue weighted by Gasteiger charge is 2.70. The minimum atomic E-state index is -4.16. The van der Waals surface area contributed by atoms with Crippen LogP contribution in [0.4, 0.5) is 14.5 Å². The molecule has 9 nitrogen and oxygen atoms in total. The molecule has 0 radical (unpaired) electrons. The van der Waals surface area contributed by atoms with E-state index in [4.69, 9.17) is 28.8 Å². The normalized spacial score (nSPS) is 36.4. The minimum Gasteiger partial charge on any atom is -0.491 e. The number of halogens is 2. The molecule has 2 fully saturated rings. The molecular formula is C18H24F2N3O6P. The van der Waals surface area contributed by atoms with Crippen molar-refractivity contribution in [1.29, 1.82) is 0 Å². The number of hydrogen-bond acceptors (Lipinski definition) is 8. The number of phosphoric ester groups is 1. The van der Waals surface area contributed by atoms with Gasteiger partial charge in [0.05, 0.1) is 24.6 Å². The molecule has 2 aliphatic rings. The van der Waals surface area contributed by atoms with Gasteiger partial charge in [0, 0.05) is 11.8 Å². The lowest BCUT2D eigenvalue weighted by Crippen LogP contribution is -2.51. The summed E-state index contributed by atoms with van der Waals surface area (Å²) in [4.78, 5) is 4.26. The highest BCUT2D eigenvalue weighted by molar-refractivity contribution is 7.48. The average molecular weight is 447 g/mol. The summed E-state index contributed by atoms with van der Waals surface area (Å²) < 4.78 is 71.7. The van der Waals surface area contributed by atoms with Crippen LogP contribution in [0.25, 0.3) is 11.0 Å². The van der Waals surface area contributed by atoms with Crippen molar-refractivity contribution in [2.45, 2.75) is 57.7 Å². The molecule has 2 aliphatic heterocycles. The number of aromatic nitrogens is 2. The van der Waals surface area contributed by atoms with Crippen LogP contribution in [-0.4, -0.2) is 46.5 Å². The highest BCUT2D eigenvalue weighted by atomic mass is 31.2. The molecule has 1 aromatic carbocycles. The molecule has 1 unspecified atom stereocenters. The molecular weight excluding hydrogens is 423 g/mol. The van der Waals surface area contributed by atoms with Crippen LogP contribution in [-0.2, 0) is 22.9 Å². The smallest absolute Gasteiger partial charge is 0.475 e. The Kier molecular flexibility index (Phi) is 5.10. The van der Waals surface area contributed by atoms with Gasteiger partial charge in [0.15, 0.2) is 18.0 Å². The predicted molar refractivity (Wildman–Crippen MR) is 103 cm³/mol. The zero-order chi connectivity index (χ0) is 21.9. The van der Waals surface area contributed by atoms with Gasteiger partial charge in [0.1, 0.15) is 17.9 Å². The Bertz CT molecular complexity index is 1020.